The number of hydrogen-bond acceptors (Lipinski definition) is 6. The van der Waals surface area contributed by atoms with E-state index < -0.39 is 21.7 Å². The highest BCUT2D eigenvalue weighted by molar-refractivity contribution is 7.91. The molecule has 0 bridgehead atoms. The number of benzene rings is 3. The maximum atomic E-state index is 13.7. The summed E-state index contributed by atoms with van der Waals surface area (Å²) in [4.78, 5) is 27.7. The van der Waals surface area contributed by atoms with Crippen molar-refractivity contribution in [2.45, 2.75) is 35.3 Å². The molecule has 0 radical (unpaired) electrons. The van der Waals surface area contributed by atoms with Gasteiger partial charge in [0.25, 0.3) is 5.91 Å². The smallest absolute Gasteiger partial charge is 0.338 e. The first-order valence-electron chi connectivity index (χ1n) is 11.2. The monoisotopic (exact) mass is 511 g/mol. The molecule has 2 aliphatic rings. The third-order valence-electron chi connectivity index (χ3n) is 6.14. The van der Waals surface area contributed by atoms with Gasteiger partial charge in [0.1, 0.15) is 6.61 Å². The molecule has 0 saturated carbocycles. The summed E-state index contributed by atoms with van der Waals surface area (Å²) in [5.74, 6) is -1.12. The van der Waals surface area contributed by atoms with Gasteiger partial charge in [-0.1, -0.05) is 41.9 Å². The van der Waals surface area contributed by atoms with Gasteiger partial charge >= 0.3 is 5.97 Å². The highest BCUT2D eigenvalue weighted by atomic mass is 35.5. The lowest BCUT2D eigenvalue weighted by Crippen LogP contribution is -2.30. The average Bonchev–Trinajstić information content (AvgIpc) is 3.38. The SMILES string of the molecule is O=C(OC[C@H]1CCCO1)c1ccc2c(c1)N(Cc1ccccc1Cl)C(=O)c1ccccc1S2(=O)=O. The summed E-state index contributed by atoms with van der Waals surface area (Å²) in [6.07, 6.45) is 1.58. The summed E-state index contributed by atoms with van der Waals surface area (Å²) in [5.41, 5.74) is 0.924. The Kier molecular flexibility index (Phi) is 6.35. The molecule has 1 saturated heterocycles. The molecule has 0 spiro atoms. The molecule has 0 aromatic heterocycles. The Morgan fingerprint density at radius 2 is 1.83 bits per heavy atom. The zero-order valence-electron chi connectivity index (χ0n) is 18.6. The predicted molar refractivity (Wildman–Crippen MR) is 130 cm³/mol. The van der Waals surface area contributed by atoms with E-state index in [1.165, 1.54) is 35.2 Å². The predicted octanol–water partition coefficient (Wildman–Crippen LogP) is 4.67. The molecule has 0 unspecified atom stereocenters. The molecule has 180 valence electrons. The summed E-state index contributed by atoms with van der Waals surface area (Å²) < 4.78 is 38.0. The molecule has 0 aliphatic carbocycles. The molecule has 0 N–H and O–H groups in total. The topological polar surface area (TPSA) is 90.0 Å². The molecule has 5 rings (SSSR count). The Morgan fingerprint density at radius 1 is 1.06 bits per heavy atom. The maximum Gasteiger partial charge on any atom is 0.338 e. The second-order valence-corrected chi connectivity index (χ2v) is 10.7. The summed E-state index contributed by atoms with van der Waals surface area (Å²) in [5, 5.41) is 0.439. The van der Waals surface area contributed by atoms with Crippen LogP contribution in [-0.2, 0) is 25.9 Å². The number of carbonyl (C=O) groups is 2. The lowest BCUT2D eigenvalue weighted by Gasteiger charge is -2.24. The Labute approximate surface area is 208 Å². The van der Waals surface area contributed by atoms with Crippen LogP contribution >= 0.6 is 11.6 Å². The van der Waals surface area contributed by atoms with Crippen LogP contribution < -0.4 is 4.90 Å². The minimum atomic E-state index is -4.04. The highest BCUT2D eigenvalue weighted by Gasteiger charge is 2.36. The van der Waals surface area contributed by atoms with Crippen molar-refractivity contribution in [2.24, 2.45) is 0 Å². The van der Waals surface area contributed by atoms with Crippen molar-refractivity contribution in [3.05, 3.63) is 88.4 Å². The van der Waals surface area contributed by atoms with Gasteiger partial charge in [-0.25, -0.2) is 13.2 Å². The molecule has 2 heterocycles. The molecule has 9 heteroatoms. The number of sulfone groups is 1. The third kappa shape index (κ3) is 4.45. The Morgan fingerprint density at radius 3 is 2.60 bits per heavy atom. The quantitative estimate of drug-likeness (QED) is 0.462. The van der Waals surface area contributed by atoms with Crippen LogP contribution in [0.2, 0.25) is 5.02 Å². The van der Waals surface area contributed by atoms with Crippen molar-refractivity contribution in [2.75, 3.05) is 18.1 Å². The van der Waals surface area contributed by atoms with E-state index in [4.69, 9.17) is 21.1 Å². The average molecular weight is 512 g/mol. The normalized spacial score (nSPS) is 18.5. The first kappa shape index (κ1) is 23.5. The molecular formula is C26H22ClNO6S. The fraction of sp³-hybridized carbons (Fsp3) is 0.231. The van der Waals surface area contributed by atoms with Gasteiger partial charge in [0.05, 0.1) is 39.3 Å². The van der Waals surface area contributed by atoms with Crippen molar-refractivity contribution >= 4 is 39.0 Å². The summed E-state index contributed by atoms with van der Waals surface area (Å²) in [6, 6.07) is 17.2. The molecule has 1 fully saturated rings. The van der Waals surface area contributed by atoms with E-state index in [0.29, 0.717) is 17.2 Å². The largest absolute Gasteiger partial charge is 0.459 e. The van der Waals surface area contributed by atoms with Gasteiger partial charge in [0.2, 0.25) is 9.84 Å². The van der Waals surface area contributed by atoms with Gasteiger partial charge in [-0.2, -0.15) is 0 Å². The molecule has 35 heavy (non-hydrogen) atoms. The molecule has 1 atom stereocenters. The molecule has 2 aliphatic heterocycles. The van der Waals surface area contributed by atoms with Gasteiger partial charge < -0.3 is 14.4 Å². The van der Waals surface area contributed by atoms with Crippen molar-refractivity contribution in [1.82, 2.24) is 0 Å². The van der Waals surface area contributed by atoms with Crippen LogP contribution in [0.1, 0.15) is 39.1 Å². The summed E-state index contributed by atoms with van der Waals surface area (Å²) >= 11 is 6.36. The number of rotatable bonds is 5. The van der Waals surface area contributed by atoms with Crippen molar-refractivity contribution < 1.29 is 27.5 Å². The lowest BCUT2D eigenvalue weighted by atomic mass is 10.1. The number of fused-ring (bicyclic) bond motifs is 2. The van der Waals surface area contributed by atoms with Gasteiger partial charge in [0.15, 0.2) is 0 Å². The van der Waals surface area contributed by atoms with E-state index in [2.05, 4.69) is 0 Å². The molecule has 3 aromatic rings. The number of halogens is 1. The molecular weight excluding hydrogens is 490 g/mol. The van der Waals surface area contributed by atoms with Gasteiger partial charge in [0, 0.05) is 11.6 Å². The van der Waals surface area contributed by atoms with E-state index in [-0.39, 0.29) is 45.9 Å². The van der Waals surface area contributed by atoms with Crippen LogP contribution in [-0.4, -0.2) is 39.6 Å². The van der Waals surface area contributed by atoms with Gasteiger partial charge in [-0.15, -0.1) is 0 Å². The number of esters is 1. The first-order chi connectivity index (χ1) is 16.9. The number of anilines is 1. The van der Waals surface area contributed by atoms with Gasteiger partial charge in [-0.05, 0) is 54.8 Å². The first-order valence-corrected chi connectivity index (χ1v) is 13.0. The third-order valence-corrected chi connectivity index (χ3v) is 8.37. The van der Waals surface area contributed by atoms with Crippen LogP contribution in [0.15, 0.2) is 76.5 Å². The number of carbonyl (C=O) groups excluding carboxylic acids is 2. The van der Waals surface area contributed by atoms with Crippen LogP contribution in [0.5, 0.6) is 0 Å². The van der Waals surface area contributed by atoms with E-state index in [0.717, 1.165) is 12.8 Å². The number of amides is 1. The zero-order valence-corrected chi connectivity index (χ0v) is 20.2. The minimum absolute atomic E-state index is 0.0176. The molecule has 3 aromatic carbocycles. The number of ether oxygens (including phenoxy) is 2. The maximum absolute atomic E-state index is 13.7. The lowest BCUT2D eigenvalue weighted by molar-refractivity contribution is 0.0161. The van der Waals surface area contributed by atoms with Crippen molar-refractivity contribution in [1.29, 1.82) is 0 Å². The van der Waals surface area contributed by atoms with Crippen LogP contribution in [0.3, 0.4) is 0 Å². The summed E-state index contributed by atoms with van der Waals surface area (Å²) in [6.45, 7) is 0.768. The van der Waals surface area contributed by atoms with E-state index >= 15 is 0 Å². The fourth-order valence-electron chi connectivity index (χ4n) is 4.32. The summed E-state index contributed by atoms with van der Waals surface area (Å²) in [7, 11) is -4.04. The second kappa shape index (κ2) is 9.45. The zero-order chi connectivity index (χ0) is 24.6. The van der Waals surface area contributed by atoms with Crippen LogP contribution in [0, 0.1) is 0 Å². The molecule has 1 amide bonds. The minimum Gasteiger partial charge on any atom is -0.459 e. The standard InChI is InChI=1S/C26H22ClNO6S/c27-21-9-3-1-6-18(21)15-28-22-14-17(26(30)34-16-19-7-5-13-33-19)11-12-24(22)35(31,32)23-10-4-2-8-20(23)25(28)29/h1-4,6,8-12,14,19H,5,7,13,15-16H2/t19-/m1/s1. The van der Waals surface area contributed by atoms with E-state index in [9.17, 15) is 18.0 Å². The van der Waals surface area contributed by atoms with E-state index in [1.54, 1.807) is 36.4 Å². The molecule has 7 nitrogen and oxygen atoms in total. The highest BCUT2D eigenvalue weighted by Crippen LogP contribution is 2.38. The number of hydrogen-bond donors (Lipinski definition) is 0. The van der Waals surface area contributed by atoms with Crippen molar-refractivity contribution in [3.63, 3.8) is 0 Å². The Balaban J connectivity index is 1.60. The van der Waals surface area contributed by atoms with Crippen molar-refractivity contribution in [3.8, 4) is 0 Å². The second-order valence-electron chi connectivity index (χ2n) is 8.40. The van der Waals surface area contributed by atoms with Crippen LogP contribution in [0.4, 0.5) is 5.69 Å². The Hall–Kier alpha value is -3.20. The Bertz CT molecular complexity index is 1410. The van der Waals surface area contributed by atoms with Crippen LogP contribution in [0.25, 0.3) is 0 Å². The number of nitrogens with zero attached hydrogens (tertiary/aromatic N) is 1. The van der Waals surface area contributed by atoms with Gasteiger partial charge in [-0.3, -0.25) is 4.79 Å². The fourth-order valence-corrected chi connectivity index (χ4v) is 6.14. The van der Waals surface area contributed by atoms with E-state index in [1.807, 2.05) is 0 Å².